The molecule has 2 heterocycles. The number of likely N-dealkylation sites (N-methyl/N-ethyl adjacent to an activating group) is 1. The van der Waals surface area contributed by atoms with E-state index >= 15 is 0 Å². The van der Waals surface area contributed by atoms with Crippen molar-refractivity contribution in [3.63, 3.8) is 0 Å². The van der Waals surface area contributed by atoms with E-state index < -0.39 is 18.7 Å². The van der Waals surface area contributed by atoms with Gasteiger partial charge in [-0.05, 0) is 36.7 Å². The Morgan fingerprint density at radius 2 is 2.06 bits per heavy atom. The summed E-state index contributed by atoms with van der Waals surface area (Å²) in [6, 6.07) is 7.17. The highest BCUT2D eigenvalue weighted by atomic mass is 19.4. The normalized spacial score (nSPS) is 13.1. The number of aryl methyl sites for hydroxylation is 1. The second kappa shape index (κ2) is 9.66. The molecule has 0 unspecified atom stereocenters. The molecule has 0 aliphatic carbocycles. The number of rotatable bonds is 9. The quantitative estimate of drug-likeness (QED) is 0.540. The molecule has 1 aromatic carbocycles. The largest absolute Gasteiger partial charge is 0.411 e. The molecule has 0 saturated carbocycles. The van der Waals surface area contributed by atoms with Gasteiger partial charge in [0.25, 0.3) is 5.91 Å². The standard InChI is InChI=1S/C22H26F3N5O2/c1-4-30(14(2)12-32-13-22(23,24)25)10-15-5-6-17-18(16-9-27-29(3)11-16)8-20(21(26)31)28-19(17)7-15/h5-9,11,14H,4,10,12-13H2,1-3H3,(H2,26,31)/t14-/m1/s1. The maximum absolute atomic E-state index is 12.3. The number of ether oxygens (including phenoxy) is 1. The molecule has 0 aliphatic heterocycles. The van der Waals surface area contributed by atoms with E-state index in [4.69, 9.17) is 10.5 Å². The van der Waals surface area contributed by atoms with Crippen LogP contribution in [0.4, 0.5) is 13.2 Å². The van der Waals surface area contributed by atoms with Crippen LogP contribution in [-0.2, 0) is 18.3 Å². The first kappa shape index (κ1) is 23.7. The van der Waals surface area contributed by atoms with Crippen LogP contribution in [-0.4, -0.2) is 57.5 Å². The van der Waals surface area contributed by atoms with Gasteiger partial charge in [0.15, 0.2) is 0 Å². The molecule has 1 atom stereocenters. The van der Waals surface area contributed by atoms with Crippen LogP contribution in [0.3, 0.4) is 0 Å². The zero-order chi connectivity index (χ0) is 23.5. The lowest BCUT2D eigenvalue weighted by molar-refractivity contribution is -0.177. The van der Waals surface area contributed by atoms with Crippen molar-refractivity contribution in [2.75, 3.05) is 19.8 Å². The number of aromatic nitrogens is 3. The van der Waals surface area contributed by atoms with Gasteiger partial charge in [0.05, 0.1) is 18.3 Å². The average molecular weight is 449 g/mol. The lowest BCUT2D eigenvalue weighted by Gasteiger charge is -2.28. The van der Waals surface area contributed by atoms with Crippen LogP contribution in [0.25, 0.3) is 22.0 Å². The van der Waals surface area contributed by atoms with Crippen LogP contribution in [0.15, 0.2) is 36.7 Å². The number of benzene rings is 1. The Morgan fingerprint density at radius 3 is 2.66 bits per heavy atom. The molecule has 172 valence electrons. The number of alkyl halides is 3. The molecule has 10 heteroatoms. The van der Waals surface area contributed by atoms with E-state index in [-0.39, 0.29) is 18.3 Å². The van der Waals surface area contributed by atoms with Gasteiger partial charge < -0.3 is 10.5 Å². The maximum atomic E-state index is 12.3. The number of carbonyl (C=O) groups excluding carboxylic acids is 1. The van der Waals surface area contributed by atoms with Crippen LogP contribution in [0.1, 0.15) is 29.9 Å². The first-order valence-electron chi connectivity index (χ1n) is 10.2. The first-order chi connectivity index (χ1) is 15.1. The summed E-state index contributed by atoms with van der Waals surface area (Å²) in [6.45, 7) is 3.59. The van der Waals surface area contributed by atoms with Crippen molar-refractivity contribution < 1.29 is 22.7 Å². The summed E-state index contributed by atoms with van der Waals surface area (Å²) in [4.78, 5) is 18.3. The Hall–Kier alpha value is -2.98. The fourth-order valence-electron chi connectivity index (χ4n) is 3.56. The van der Waals surface area contributed by atoms with Crippen molar-refractivity contribution in [1.29, 1.82) is 0 Å². The molecular weight excluding hydrogens is 423 g/mol. The van der Waals surface area contributed by atoms with Crippen LogP contribution in [0.2, 0.25) is 0 Å². The molecule has 0 saturated heterocycles. The Morgan fingerprint density at radius 1 is 1.31 bits per heavy atom. The highest BCUT2D eigenvalue weighted by Gasteiger charge is 2.28. The number of carbonyl (C=O) groups is 1. The van der Waals surface area contributed by atoms with E-state index in [0.717, 1.165) is 22.1 Å². The summed E-state index contributed by atoms with van der Waals surface area (Å²) in [5.74, 6) is -0.631. The molecule has 7 nitrogen and oxygen atoms in total. The van der Waals surface area contributed by atoms with E-state index in [1.807, 2.05) is 43.1 Å². The third-order valence-electron chi connectivity index (χ3n) is 5.18. The molecule has 0 radical (unpaired) electrons. The number of fused-ring (bicyclic) bond motifs is 1. The Labute approximate surface area is 184 Å². The molecule has 2 aromatic heterocycles. The molecule has 3 aromatic rings. The zero-order valence-electron chi connectivity index (χ0n) is 18.2. The van der Waals surface area contributed by atoms with E-state index in [9.17, 15) is 18.0 Å². The number of nitrogens with two attached hydrogens (primary N) is 1. The minimum atomic E-state index is -4.34. The molecule has 2 N–H and O–H groups in total. The van der Waals surface area contributed by atoms with E-state index in [1.54, 1.807) is 24.0 Å². The van der Waals surface area contributed by atoms with Crippen molar-refractivity contribution in [2.24, 2.45) is 12.8 Å². The van der Waals surface area contributed by atoms with Gasteiger partial charge in [0.2, 0.25) is 0 Å². The van der Waals surface area contributed by atoms with E-state index in [2.05, 4.69) is 10.1 Å². The van der Waals surface area contributed by atoms with Crippen molar-refractivity contribution in [3.05, 3.63) is 47.9 Å². The number of hydrogen-bond acceptors (Lipinski definition) is 5. The van der Waals surface area contributed by atoms with Gasteiger partial charge in [-0.3, -0.25) is 14.4 Å². The summed E-state index contributed by atoms with van der Waals surface area (Å²) in [5, 5.41) is 5.04. The highest BCUT2D eigenvalue weighted by molar-refractivity contribution is 6.00. The van der Waals surface area contributed by atoms with Gasteiger partial charge in [-0.15, -0.1) is 0 Å². The smallest absolute Gasteiger partial charge is 0.370 e. The number of nitrogens with zero attached hydrogens (tertiary/aromatic N) is 4. The van der Waals surface area contributed by atoms with Gasteiger partial charge in [-0.2, -0.15) is 18.3 Å². The van der Waals surface area contributed by atoms with Gasteiger partial charge in [0, 0.05) is 36.8 Å². The van der Waals surface area contributed by atoms with Crippen LogP contribution in [0, 0.1) is 0 Å². The topological polar surface area (TPSA) is 86.3 Å². The van der Waals surface area contributed by atoms with Crippen LogP contribution >= 0.6 is 0 Å². The number of pyridine rings is 1. The maximum Gasteiger partial charge on any atom is 0.411 e. The van der Waals surface area contributed by atoms with E-state index in [1.165, 1.54) is 0 Å². The van der Waals surface area contributed by atoms with Crippen molar-refractivity contribution in [2.45, 2.75) is 32.6 Å². The number of hydrogen-bond donors (Lipinski definition) is 1. The van der Waals surface area contributed by atoms with Gasteiger partial charge in [-0.25, -0.2) is 4.98 Å². The van der Waals surface area contributed by atoms with Gasteiger partial charge >= 0.3 is 6.18 Å². The number of halogens is 3. The van der Waals surface area contributed by atoms with Crippen molar-refractivity contribution >= 4 is 16.8 Å². The second-order valence-corrected chi connectivity index (χ2v) is 7.72. The summed E-state index contributed by atoms with van der Waals surface area (Å²) in [7, 11) is 1.80. The minimum Gasteiger partial charge on any atom is -0.370 e. The van der Waals surface area contributed by atoms with Crippen molar-refractivity contribution in [3.8, 4) is 11.1 Å². The second-order valence-electron chi connectivity index (χ2n) is 7.72. The van der Waals surface area contributed by atoms with Crippen LogP contribution < -0.4 is 5.73 Å². The lowest BCUT2D eigenvalue weighted by atomic mass is 10.0. The highest BCUT2D eigenvalue weighted by Crippen LogP contribution is 2.29. The minimum absolute atomic E-state index is 0.0316. The van der Waals surface area contributed by atoms with Crippen LogP contribution in [0.5, 0.6) is 0 Å². The van der Waals surface area contributed by atoms with Crippen molar-refractivity contribution in [1.82, 2.24) is 19.7 Å². The Balaban J connectivity index is 1.87. The molecular formula is C22H26F3N5O2. The molecule has 3 rings (SSSR count). The average Bonchev–Trinajstić information content (AvgIpc) is 3.15. The summed E-state index contributed by atoms with van der Waals surface area (Å²) < 4.78 is 43.5. The van der Waals surface area contributed by atoms with Gasteiger partial charge in [-0.1, -0.05) is 19.1 Å². The third kappa shape index (κ3) is 5.83. The third-order valence-corrected chi connectivity index (χ3v) is 5.18. The SMILES string of the molecule is CCN(Cc1ccc2c(-c3cnn(C)c3)cc(C(N)=O)nc2c1)[C@H](C)COCC(F)(F)F. The fourth-order valence-corrected chi connectivity index (χ4v) is 3.56. The first-order valence-corrected chi connectivity index (χ1v) is 10.2. The Bertz CT molecular complexity index is 1100. The Kier molecular flexibility index (Phi) is 7.15. The monoisotopic (exact) mass is 449 g/mol. The lowest BCUT2D eigenvalue weighted by Crippen LogP contribution is -2.36. The van der Waals surface area contributed by atoms with Gasteiger partial charge in [0.1, 0.15) is 12.3 Å². The van der Waals surface area contributed by atoms with E-state index in [0.29, 0.717) is 18.6 Å². The fraction of sp³-hybridized carbons (Fsp3) is 0.409. The number of primary amides is 1. The molecule has 0 aliphatic rings. The molecule has 0 bridgehead atoms. The molecule has 32 heavy (non-hydrogen) atoms. The number of amides is 1. The molecule has 1 amide bonds. The predicted octanol–water partition coefficient (Wildman–Crippen LogP) is 3.52. The zero-order valence-corrected chi connectivity index (χ0v) is 18.2. The summed E-state index contributed by atoms with van der Waals surface area (Å²) >= 11 is 0. The summed E-state index contributed by atoms with van der Waals surface area (Å²) in [5.41, 5.74) is 8.78. The predicted molar refractivity (Wildman–Crippen MR) is 115 cm³/mol. The summed E-state index contributed by atoms with van der Waals surface area (Å²) in [6.07, 6.45) is -0.797. The molecule has 0 fully saturated rings. The molecule has 0 spiro atoms.